The van der Waals surface area contributed by atoms with Crippen LogP contribution in [0.5, 0.6) is 0 Å². The summed E-state index contributed by atoms with van der Waals surface area (Å²) in [6.07, 6.45) is 1.93. The van der Waals surface area contributed by atoms with Gasteiger partial charge in [0.15, 0.2) is 0 Å². The van der Waals surface area contributed by atoms with Crippen molar-refractivity contribution in [2.45, 2.75) is 39.2 Å². The number of aryl methyl sites for hydroxylation is 2. The molecule has 0 saturated carbocycles. The molecule has 1 aliphatic heterocycles. The molecule has 1 aliphatic rings. The number of carboxylic acid groups (broad SMARTS) is 1. The number of nitrogens with zero attached hydrogens (tertiary/aromatic N) is 3. The first-order chi connectivity index (χ1) is 11.9. The van der Waals surface area contributed by atoms with Crippen LogP contribution >= 0.6 is 0 Å². The van der Waals surface area contributed by atoms with E-state index in [9.17, 15) is 9.90 Å². The number of likely N-dealkylation sites (tertiary alicyclic amines) is 1. The van der Waals surface area contributed by atoms with Gasteiger partial charge in [-0.3, -0.25) is 14.4 Å². The number of hydrogen-bond donors (Lipinski definition) is 1. The van der Waals surface area contributed by atoms with Crippen molar-refractivity contribution in [2.75, 3.05) is 13.1 Å². The monoisotopic (exact) mass is 341 g/mol. The maximum Gasteiger partial charge on any atom is 0.308 e. The first-order valence-corrected chi connectivity index (χ1v) is 8.89. The third-order valence-corrected chi connectivity index (χ3v) is 5.27. The summed E-state index contributed by atoms with van der Waals surface area (Å²) in [4.78, 5) is 14.1. The molecule has 0 radical (unpaired) electrons. The second-order valence-electron chi connectivity index (χ2n) is 7.48. The molecule has 0 aliphatic carbocycles. The van der Waals surface area contributed by atoms with Crippen LogP contribution in [-0.2, 0) is 18.4 Å². The van der Waals surface area contributed by atoms with Gasteiger partial charge < -0.3 is 5.11 Å². The van der Waals surface area contributed by atoms with Gasteiger partial charge in [0.1, 0.15) is 0 Å². The lowest BCUT2D eigenvalue weighted by molar-refractivity contribution is -0.141. The van der Waals surface area contributed by atoms with Crippen LogP contribution in [0.3, 0.4) is 0 Å². The highest BCUT2D eigenvalue weighted by Gasteiger charge is 2.39. The lowest BCUT2D eigenvalue weighted by Gasteiger charge is -2.18. The van der Waals surface area contributed by atoms with E-state index >= 15 is 0 Å². The van der Waals surface area contributed by atoms with Gasteiger partial charge in [-0.05, 0) is 24.0 Å². The molecule has 0 spiro atoms. The first-order valence-electron chi connectivity index (χ1n) is 8.89. The van der Waals surface area contributed by atoms with E-state index in [-0.39, 0.29) is 11.8 Å². The second kappa shape index (κ2) is 7.00. The number of benzene rings is 1. The van der Waals surface area contributed by atoms with E-state index in [1.54, 1.807) is 0 Å². The molecule has 0 bridgehead atoms. The molecule has 2 aromatic rings. The zero-order chi connectivity index (χ0) is 18.1. The fourth-order valence-corrected chi connectivity index (χ4v) is 3.87. The Morgan fingerprint density at radius 2 is 2.12 bits per heavy atom. The third-order valence-electron chi connectivity index (χ3n) is 5.27. The summed E-state index contributed by atoms with van der Waals surface area (Å²) in [6, 6.07) is 8.25. The number of carbonyl (C=O) groups is 1. The van der Waals surface area contributed by atoms with Gasteiger partial charge in [0.2, 0.25) is 0 Å². The Bertz CT molecular complexity index is 766. The van der Waals surface area contributed by atoms with E-state index in [2.05, 4.69) is 49.0 Å². The Morgan fingerprint density at radius 3 is 2.76 bits per heavy atom. The number of aliphatic carboxylic acids is 1. The van der Waals surface area contributed by atoms with Crippen LogP contribution < -0.4 is 0 Å². The van der Waals surface area contributed by atoms with Gasteiger partial charge >= 0.3 is 5.97 Å². The summed E-state index contributed by atoms with van der Waals surface area (Å²) in [7, 11) is 1.96. The fraction of sp³-hybridized carbons (Fsp3) is 0.500. The Hall–Kier alpha value is -2.14. The minimum Gasteiger partial charge on any atom is -0.481 e. The quantitative estimate of drug-likeness (QED) is 0.908. The third kappa shape index (κ3) is 3.61. The van der Waals surface area contributed by atoms with Crippen LogP contribution in [0.25, 0.3) is 0 Å². The maximum atomic E-state index is 11.8. The molecule has 1 aromatic heterocycles. The number of rotatable bonds is 5. The van der Waals surface area contributed by atoms with E-state index in [1.807, 2.05) is 24.0 Å². The number of aromatic nitrogens is 2. The number of carboxylic acids is 1. The van der Waals surface area contributed by atoms with Gasteiger partial charge in [-0.2, -0.15) is 5.10 Å². The average Bonchev–Trinajstić information content (AvgIpc) is 3.12. The van der Waals surface area contributed by atoms with Crippen molar-refractivity contribution < 1.29 is 9.90 Å². The van der Waals surface area contributed by atoms with Crippen LogP contribution in [0.4, 0.5) is 0 Å². The molecular weight excluding hydrogens is 314 g/mol. The Kier molecular flexibility index (Phi) is 4.95. The van der Waals surface area contributed by atoms with E-state index in [0.29, 0.717) is 12.5 Å². The minimum absolute atomic E-state index is 0.0353. The predicted molar refractivity (Wildman–Crippen MR) is 97.6 cm³/mol. The highest BCUT2D eigenvalue weighted by atomic mass is 16.4. The van der Waals surface area contributed by atoms with Gasteiger partial charge in [-0.1, -0.05) is 43.7 Å². The molecule has 1 fully saturated rings. The second-order valence-corrected chi connectivity index (χ2v) is 7.48. The van der Waals surface area contributed by atoms with Gasteiger partial charge in [0.05, 0.1) is 17.8 Å². The van der Waals surface area contributed by atoms with Gasteiger partial charge in [0.25, 0.3) is 0 Å². The lowest BCUT2D eigenvalue weighted by Crippen LogP contribution is -2.24. The van der Waals surface area contributed by atoms with E-state index in [0.717, 1.165) is 18.7 Å². The van der Waals surface area contributed by atoms with Crippen LogP contribution in [0, 0.1) is 12.8 Å². The maximum absolute atomic E-state index is 11.8. The van der Waals surface area contributed by atoms with E-state index in [1.165, 1.54) is 16.8 Å². The molecule has 0 unspecified atom stereocenters. The Morgan fingerprint density at radius 1 is 1.36 bits per heavy atom. The van der Waals surface area contributed by atoms with Crippen LogP contribution in [0.1, 0.15) is 48.1 Å². The summed E-state index contributed by atoms with van der Waals surface area (Å²) in [5, 5.41) is 14.1. The summed E-state index contributed by atoms with van der Waals surface area (Å²) in [6.45, 7) is 8.48. The summed E-state index contributed by atoms with van der Waals surface area (Å²) in [5.74, 6) is -0.622. The van der Waals surface area contributed by atoms with Crippen molar-refractivity contribution in [3.05, 3.63) is 52.8 Å². The largest absolute Gasteiger partial charge is 0.481 e. The molecule has 2 atom stereocenters. The summed E-state index contributed by atoms with van der Waals surface area (Å²) in [5.41, 5.74) is 4.73. The Labute approximate surface area is 149 Å². The zero-order valence-electron chi connectivity index (χ0n) is 15.4. The molecule has 5 nitrogen and oxygen atoms in total. The molecule has 1 aromatic carbocycles. The zero-order valence-corrected chi connectivity index (χ0v) is 15.4. The Balaban J connectivity index is 1.84. The normalized spacial score (nSPS) is 21.2. The van der Waals surface area contributed by atoms with Crippen molar-refractivity contribution in [1.82, 2.24) is 14.7 Å². The van der Waals surface area contributed by atoms with Gasteiger partial charge in [0, 0.05) is 32.6 Å². The molecule has 1 N–H and O–H groups in total. The van der Waals surface area contributed by atoms with Crippen LogP contribution in [0.15, 0.2) is 30.5 Å². The van der Waals surface area contributed by atoms with Crippen molar-refractivity contribution in [3.63, 3.8) is 0 Å². The molecule has 25 heavy (non-hydrogen) atoms. The molecule has 1 saturated heterocycles. The lowest BCUT2D eigenvalue weighted by atomic mass is 9.88. The van der Waals surface area contributed by atoms with Crippen molar-refractivity contribution in [1.29, 1.82) is 0 Å². The van der Waals surface area contributed by atoms with E-state index in [4.69, 9.17) is 0 Å². The molecule has 3 rings (SSSR count). The molecule has 0 amide bonds. The number of hydrogen-bond acceptors (Lipinski definition) is 3. The van der Waals surface area contributed by atoms with Crippen LogP contribution in [0.2, 0.25) is 0 Å². The van der Waals surface area contributed by atoms with Crippen molar-refractivity contribution in [2.24, 2.45) is 13.0 Å². The fourth-order valence-electron chi connectivity index (χ4n) is 3.87. The topological polar surface area (TPSA) is 58.4 Å². The minimum atomic E-state index is -0.705. The van der Waals surface area contributed by atoms with Crippen molar-refractivity contribution in [3.8, 4) is 0 Å². The molecule has 134 valence electrons. The molecule has 2 heterocycles. The highest BCUT2D eigenvalue weighted by molar-refractivity contribution is 5.72. The first kappa shape index (κ1) is 17.7. The van der Waals surface area contributed by atoms with Gasteiger partial charge in [-0.25, -0.2) is 0 Å². The summed E-state index contributed by atoms with van der Waals surface area (Å²) >= 11 is 0. The van der Waals surface area contributed by atoms with E-state index < -0.39 is 5.97 Å². The molecule has 5 heteroatoms. The van der Waals surface area contributed by atoms with Gasteiger partial charge in [-0.15, -0.1) is 0 Å². The molecular formula is C20H27N3O2. The van der Waals surface area contributed by atoms with Crippen LogP contribution in [-0.4, -0.2) is 38.8 Å². The standard InChI is InChI=1S/C20H27N3O2/c1-13(2)16-9-21-22(4)19(16)12-23-10-17(18(11-23)20(24)25)15-7-5-6-14(3)8-15/h5-9,13,17-18H,10-12H2,1-4H3,(H,24,25)/t17-,18+/m1/s1. The predicted octanol–water partition coefficient (Wildman–Crippen LogP) is 3.15. The SMILES string of the molecule is Cc1cccc([C@H]2CN(Cc3c(C(C)C)cnn3C)C[C@@H]2C(=O)O)c1. The van der Waals surface area contributed by atoms with Crippen molar-refractivity contribution >= 4 is 5.97 Å². The summed E-state index contributed by atoms with van der Waals surface area (Å²) < 4.78 is 1.92. The smallest absolute Gasteiger partial charge is 0.308 e. The highest BCUT2D eigenvalue weighted by Crippen LogP contribution is 2.34. The average molecular weight is 341 g/mol.